The van der Waals surface area contributed by atoms with E-state index in [0.29, 0.717) is 13.1 Å². The van der Waals surface area contributed by atoms with Crippen LogP contribution in [0.5, 0.6) is 0 Å². The van der Waals surface area contributed by atoms with Crippen molar-refractivity contribution in [2.24, 2.45) is 0 Å². The molecule has 1 fully saturated rings. The number of piperazine rings is 1. The summed E-state index contributed by atoms with van der Waals surface area (Å²) >= 11 is 0. The molecule has 19 heavy (non-hydrogen) atoms. The number of carbonyl (C=O) groups excluding carboxylic acids is 2. The number of ether oxygens (including phenoxy) is 1. The Hall–Kier alpha value is -1.88. The lowest BCUT2D eigenvalue weighted by Crippen LogP contribution is -2.59. The fourth-order valence-corrected chi connectivity index (χ4v) is 2.14. The first kappa shape index (κ1) is 13.5. The lowest BCUT2D eigenvalue weighted by molar-refractivity contribution is -0.111. The lowest BCUT2D eigenvalue weighted by Gasteiger charge is -2.36. The molecule has 1 aromatic carbocycles. The molecule has 5 heteroatoms. The molecule has 102 valence electrons. The third kappa shape index (κ3) is 3.32. The highest BCUT2D eigenvalue weighted by Gasteiger charge is 2.31. The van der Waals surface area contributed by atoms with E-state index in [1.807, 2.05) is 37.3 Å². The molecule has 0 bridgehead atoms. The van der Waals surface area contributed by atoms with Crippen LogP contribution in [0.4, 0.5) is 4.79 Å². The smallest absolute Gasteiger partial charge is 0.410 e. The topological polar surface area (TPSA) is 58.6 Å². The van der Waals surface area contributed by atoms with E-state index in [1.54, 1.807) is 4.90 Å². The van der Waals surface area contributed by atoms with Crippen LogP contribution in [0, 0.1) is 0 Å². The average molecular weight is 262 g/mol. The number of hydrogen-bond donors (Lipinski definition) is 1. The summed E-state index contributed by atoms with van der Waals surface area (Å²) in [6, 6.07) is 9.02. The summed E-state index contributed by atoms with van der Waals surface area (Å²) in [5, 5.41) is 3.06. The van der Waals surface area contributed by atoms with Crippen molar-refractivity contribution >= 4 is 12.4 Å². The van der Waals surface area contributed by atoms with E-state index in [0.717, 1.165) is 11.8 Å². The summed E-state index contributed by atoms with van der Waals surface area (Å²) in [5.41, 5.74) is 0.950. The summed E-state index contributed by atoms with van der Waals surface area (Å²) in [5.74, 6) is 0. The van der Waals surface area contributed by atoms with E-state index in [4.69, 9.17) is 4.74 Å². The van der Waals surface area contributed by atoms with Gasteiger partial charge in [0.1, 0.15) is 12.9 Å². The van der Waals surface area contributed by atoms with Gasteiger partial charge < -0.3 is 19.7 Å². The van der Waals surface area contributed by atoms with Crippen molar-refractivity contribution in [2.75, 3.05) is 13.1 Å². The summed E-state index contributed by atoms with van der Waals surface area (Å²) in [6.07, 6.45) is 0.464. The molecular formula is C14H18N2O3. The molecule has 2 rings (SSSR count). The molecule has 1 saturated heterocycles. The summed E-state index contributed by atoms with van der Waals surface area (Å²) in [7, 11) is 0. The molecule has 0 saturated carbocycles. The Bertz CT molecular complexity index is 436. The Morgan fingerprint density at radius 1 is 1.47 bits per heavy atom. The van der Waals surface area contributed by atoms with Crippen molar-refractivity contribution in [1.29, 1.82) is 0 Å². The molecule has 1 N–H and O–H groups in total. The van der Waals surface area contributed by atoms with Crippen LogP contribution < -0.4 is 5.32 Å². The first-order chi connectivity index (χ1) is 9.22. The minimum atomic E-state index is -0.371. The molecule has 1 amide bonds. The fraction of sp³-hybridized carbons (Fsp3) is 0.429. The predicted octanol–water partition coefficient (Wildman–Crippen LogP) is 1.18. The van der Waals surface area contributed by atoms with Crippen LogP contribution >= 0.6 is 0 Å². The predicted molar refractivity (Wildman–Crippen MR) is 70.6 cm³/mol. The molecule has 1 unspecified atom stereocenters. The number of amides is 1. The SMILES string of the molecule is C[C@H]1C(C=O)NCCN1C(=O)OCc1ccccc1. The molecular weight excluding hydrogens is 244 g/mol. The van der Waals surface area contributed by atoms with Crippen LogP contribution in [0.1, 0.15) is 12.5 Å². The van der Waals surface area contributed by atoms with Gasteiger partial charge in [-0.25, -0.2) is 4.79 Å². The van der Waals surface area contributed by atoms with Crippen molar-refractivity contribution in [3.63, 3.8) is 0 Å². The normalized spacial score (nSPS) is 22.9. The van der Waals surface area contributed by atoms with E-state index >= 15 is 0 Å². The van der Waals surface area contributed by atoms with E-state index in [2.05, 4.69) is 5.32 Å². The van der Waals surface area contributed by atoms with Gasteiger partial charge in [0.2, 0.25) is 0 Å². The van der Waals surface area contributed by atoms with Gasteiger partial charge in [-0.2, -0.15) is 0 Å². The van der Waals surface area contributed by atoms with Gasteiger partial charge in [0.15, 0.2) is 0 Å². The first-order valence-corrected chi connectivity index (χ1v) is 6.38. The maximum Gasteiger partial charge on any atom is 0.410 e. The molecule has 5 nitrogen and oxygen atoms in total. The highest BCUT2D eigenvalue weighted by Crippen LogP contribution is 2.11. The molecule has 0 spiro atoms. The zero-order valence-electron chi connectivity index (χ0n) is 10.9. The number of aldehydes is 1. The van der Waals surface area contributed by atoms with Crippen LogP contribution in [0.3, 0.4) is 0 Å². The summed E-state index contributed by atoms with van der Waals surface area (Å²) in [6.45, 7) is 3.25. The maximum absolute atomic E-state index is 12.0. The Morgan fingerprint density at radius 2 is 2.21 bits per heavy atom. The Morgan fingerprint density at radius 3 is 2.89 bits per heavy atom. The second-order valence-electron chi connectivity index (χ2n) is 4.59. The van der Waals surface area contributed by atoms with Gasteiger partial charge in [0, 0.05) is 13.1 Å². The van der Waals surface area contributed by atoms with Crippen LogP contribution in [-0.2, 0) is 16.1 Å². The summed E-state index contributed by atoms with van der Waals surface area (Å²) < 4.78 is 5.27. The van der Waals surface area contributed by atoms with Gasteiger partial charge >= 0.3 is 6.09 Å². The standard InChI is InChI=1S/C14H18N2O3/c1-11-13(9-17)15-7-8-16(11)14(18)19-10-12-5-3-2-4-6-12/h2-6,9,11,13,15H,7-8,10H2,1H3/t11-,13?/m0/s1. The van der Waals surface area contributed by atoms with Gasteiger partial charge in [-0.05, 0) is 12.5 Å². The number of carbonyl (C=O) groups is 2. The number of benzene rings is 1. The van der Waals surface area contributed by atoms with Crippen LogP contribution in [-0.4, -0.2) is 42.5 Å². The number of nitrogens with zero attached hydrogens (tertiary/aromatic N) is 1. The van der Waals surface area contributed by atoms with Gasteiger partial charge in [-0.3, -0.25) is 0 Å². The third-order valence-corrected chi connectivity index (χ3v) is 3.33. The fourth-order valence-electron chi connectivity index (χ4n) is 2.14. The molecule has 2 atom stereocenters. The minimum absolute atomic E-state index is 0.186. The second-order valence-corrected chi connectivity index (χ2v) is 4.59. The maximum atomic E-state index is 12.0. The molecule has 1 aliphatic heterocycles. The van der Waals surface area contributed by atoms with Crippen molar-refractivity contribution < 1.29 is 14.3 Å². The second kappa shape index (κ2) is 6.33. The molecule has 1 aliphatic rings. The summed E-state index contributed by atoms with van der Waals surface area (Å²) in [4.78, 5) is 24.5. The van der Waals surface area contributed by atoms with Crippen LogP contribution in [0.25, 0.3) is 0 Å². The zero-order valence-corrected chi connectivity index (χ0v) is 10.9. The molecule has 0 aromatic heterocycles. The van der Waals surface area contributed by atoms with Crippen molar-refractivity contribution in [3.8, 4) is 0 Å². The van der Waals surface area contributed by atoms with E-state index in [-0.39, 0.29) is 24.8 Å². The van der Waals surface area contributed by atoms with E-state index in [1.165, 1.54) is 0 Å². The van der Waals surface area contributed by atoms with Crippen molar-refractivity contribution in [2.45, 2.75) is 25.6 Å². The van der Waals surface area contributed by atoms with Gasteiger partial charge in [0.05, 0.1) is 12.1 Å². The number of hydrogen-bond acceptors (Lipinski definition) is 4. The first-order valence-electron chi connectivity index (χ1n) is 6.38. The molecule has 0 radical (unpaired) electrons. The van der Waals surface area contributed by atoms with Crippen molar-refractivity contribution in [3.05, 3.63) is 35.9 Å². The van der Waals surface area contributed by atoms with Crippen molar-refractivity contribution in [1.82, 2.24) is 10.2 Å². The Balaban J connectivity index is 1.90. The quantitative estimate of drug-likeness (QED) is 0.831. The van der Waals surface area contributed by atoms with Crippen LogP contribution in [0.2, 0.25) is 0 Å². The Kier molecular flexibility index (Phi) is 4.52. The monoisotopic (exact) mass is 262 g/mol. The molecule has 1 aromatic rings. The lowest BCUT2D eigenvalue weighted by atomic mass is 10.1. The highest BCUT2D eigenvalue weighted by molar-refractivity contribution is 5.70. The van der Waals surface area contributed by atoms with E-state index < -0.39 is 0 Å². The number of nitrogens with one attached hydrogen (secondary N) is 1. The van der Waals surface area contributed by atoms with E-state index in [9.17, 15) is 9.59 Å². The minimum Gasteiger partial charge on any atom is -0.445 e. The van der Waals surface area contributed by atoms with Gasteiger partial charge in [-0.1, -0.05) is 30.3 Å². The zero-order chi connectivity index (χ0) is 13.7. The Labute approximate surface area is 112 Å². The van der Waals surface area contributed by atoms with Gasteiger partial charge in [-0.15, -0.1) is 0 Å². The van der Waals surface area contributed by atoms with Gasteiger partial charge in [0.25, 0.3) is 0 Å². The number of rotatable bonds is 3. The molecule has 0 aliphatic carbocycles. The molecule has 1 heterocycles. The highest BCUT2D eigenvalue weighted by atomic mass is 16.6. The van der Waals surface area contributed by atoms with Crippen LogP contribution in [0.15, 0.2) is 30.3 Å². The third-order valence-electron chi connectivity index (χ3n) is 3.33. The average Bonchev–Trinajstić information content (AvgIpc) is 2.46. The largest absolute Gasteiger partial charge is 0.445 e.